The molecule has 0 unspecified atom stereocenters. The lowest BCUT2D eigenvalue weighted by atomic mass is 10.2. The zero-order valence-corrected chi connectivity index (χ0v) is 13.9. The molecule has 0 atom stereocenters. The Morgan fingerprint density at radius 1 is 1.18 bits per heavy atom. The SMILES string of the molecule is C=C(C)COCCCCC([SiH3])(OCC)OCC. The smallest absolute Gasteiger partial charge is 0.141 e. The minimum Gasteiger partial charge on any atom is -0.377 e. The Morgan fingerprint density at radius 3 is 2.24 bits per heavy atom. The third-order valence-electron chi connectivity index (χ3n) is 2.42. The maximum atomic E-state index is 5.70. The minimum absolute atomic E-state index is 0.294. The fourth-order valence-electron chi connectivity index (χ4n) is 1.69. The molecule has 0 aliphatic heterocycles. The van der Waals surface area contributed by atoms with Crippen molar-refractivity contribution in [3.05, 3.63) is 12.2 Å². The second kappa shape index (κ2) is 9.83. The monoisotopic (exact) mass is 260 g/mol. The molecule has 0 amide bonds. The fraction of sp³-hybridized carbons (Fsp3) is 0.846. The molecule has 0 fully saturated rings. The van der Waals surface area contributed by atoms with E-state index in [1.807, 2.05) is 20.8 Å². The highest BCUT2D eigenvalue weighted by atomic mass is 28.1. The number of rotatable bonds is 11. The summed E-state index contributed by atoms with van der Waals surface area (Å²) in [6, 6.07) is 0. The predicted molar refractivity (Wildman–Crippen MR) is 75.4 cm³/mol. The molecular weight excluding hydrogens is 232 g/mol. The molecule has 0 aromatic heterocycles. The van der Waals surface area contributed by atoms with Crippen molar-refractivity contribution < 1.29 is 14.2 Å². The molecule has 0 aliphatic rings. The Bertz CT molecular complexity index is 201. The van der Waals surface area contributed by atoms with Gasteiger partial charge in [0.2, 0.25) is 0 Å². The van der Waals surface area contributed by atoms with E-state index in [0.29, 0.717) is 6.61 Å². The van der Waals surface area contributed by atoms with E-state index >= 15 is 0 Å². The second-order valence-corrected chi connectivity index (χ2v) is 5.99. The van der Waals surface area contributed by atoms with E-state index in [1.165, 1.54) is 0 Å². The normalized spacial score (nSPS) is 11.9. The van der Waals surface area contributed by atoms with Gasteiger partial charge in [-0.1, -0.05) is 12.2 Å². The minimum atomic E-state index is -0.294. The first-order valence-electron chi connectivity index (χ1n) is 6.54. The molecule has 0 aliphatic carbocycles. The summed E-state index contributed by atoms with van der Waals surface area (Å²) in [4.78, 5) is 0. The van der Waals surface area contributed by atoms with Crippen LogP contribution in [0.5, 0.6) is 0 Å². The summed E-state index contributed by atoms with van der Waals surface area (Å²) in [6.07, 6.45) is 3.11. The molecule has 0 radical (unpaired) electrons. The summed E-state index contributed by atoms with van der Waals surface area (Å²) in [5.74, 6) is 0. The van der Waals surface area contributed by atoms with Gasteiger partial charge in [-0.3, -0.25) is 0 Å². The molecule has 0 heterocycles. The highest BCUT2D eigenvalue weighted by molar-refractivity contribution is 6.13. The lowest BCUT2D eigenvalue weighted by Gasteiger charge is -2.29. The zero-order valence-electron chi connectivity index (χ0n) is 11.9. The Balaban J connectivity index is 3.64. The summed E-state index contributed by atoms with van der Waals surface area (Å²) < 4.78 is 16.9. The van der Waals surface area contributed by atoms with Crippen LogP contribution in [0.2, 0.25) is 0 Å². The van der Waals surface area contributed by atoms with Gasteiger partial charge >= 0.3 is 0 Å². The van der Waals surface area contributed by atoms with Gasteiger partial charge in [0.05, 0.1) is 16.8 Å². The van der Waals surface area contributed by atoms with Crippen molar-refractivity contribution in [1.29, 1.82) is 0 Å². The lowest BCUT2D eigenvalue weighted by Crippen LogP contribution is -2.36. The molecule has 0 rings (SSSR count). The number of hydrogen-bond acceptors (Lipinski definition) is 3. The fourth-order valence-corrected chi connectivity index (χ4v) is 2.62. The summed E-state index contributed by atoms with van der Waals surface area (Å²) in [7, 11) is 0.905. The molecule has 0 aromatic carbocycles. The summed E-state index contributed by atoms with van der Waals surface area (Å²) >= 11 is 0. The Kier molecular flexibility index (Phi) is 9.73. The van der Waals surface area contributed by atoms with Crippen LogP contribution in [-0.2, 0) is 14.2 Å². The second-order valence-electron chi connectivity index (χ2n) is 4.47. The van der Waals surface area contributed by atoms with Crippen molar-refractivity contribution in [3.8, 4) is 0 Å². The largest absolute Gasteiger partial charge is 0.377 e. The first-order valence-corrected chi connectivity index (χ1v) is 7.54. The average Bonchev–Trinajstić information content (AvgIpc) is 2.23. The van der Waals surface area contributed by atoms with Gasteiger partial charge in [0, 0.05) is 19.8 Å². The molecule has 3 nitrogen and oxygen atoms in total. The van der Waals surface area contributed by atoms with E-state index in [2.05, 4.69) is 6.58 Å². The first kappa shape index (κ1) is 16.8. The summed E-state index contributed by atoms with van der Waals surface area (Å²) in [5, 5.41) is 0. The molecule has 0 bridgehead atoms. The van der Waals surface area contributed by atoms with Gasteiger partial charge in [-0.15, -0.1) is 0 Å². The molecule has 0 spiro atoms. The molecule has 102 valence electrons. The molecule has 17 heavy (non-hydrogen) atoms. The molecule has 0 saturated heterocycles. The van der Waals surface area contributed by atoms with E-state index in [-0.39, 0.29) is 5.41 Å². The van der Waals surface area contributed by atoms with Crippen LogP contribution in [0, 0.1) is 0 Å². The maximum Gasteiger partial charge on any atom is 0.141 e. The number of hydrogen-bond donors (Lipinski definition) is 0. The van der Waals surface area contributed by atoms with Crippen LogP contribution in [-0.4, -0.2) is 42.1 Å². The van der Waals surface area contributed by atoms with Gasteiger partial charge in [0.25, 0.3) is 0 Å². The van der Waals surface area contributed by atoms with Gasteiger partial charge < -0.3 is 14.2 Å². The van der Waals surface area contributed by atoms with Crippen LogP contribution in [0.1, 0.15) is 40.0 Å². The standard InChI is InChI=1S/C13H28O3Si/c1-5-15-13(17,16-6-2)9-7-8-10-14-11-12(3)4/h3,5-11H2,1-2,4,17H3. The van der Waals surface area contributed by atoms with Gasteiger partial charge in [-0.2, -0.15) is 0 Å². The zero-order chi connectivity index (χ0) is 13.1. The third kappa shape index (κ3) is 9.53. The summed E-state index contributed by atoms with van der Waals surface area (Å²) in [6.45, 7) is 12.7. The predicted octanol–water partition coefficient (Wildman–Crippen LogP) is 1.84. The van der Waals surface area contributed by atoms with Crippen molar-refractivity contribution >= 4 is 10.2 Å². The van der Waals surface area contributed by atoms with E-state index in [9.17, 15) is 0 Å². The first-order chi connectivity index (χ1) is 8.04. The Morgan fingerprint density at radius 2 is 1.76 bits per heavy atom. The van der Waals surface area contributed by atoms with Crippen LogP contribution in [0.3, 0.4) is 0 Å². The molecule has 0 aromatic rings. The Labute approximate surface area is 109 Å². The molecule has 0 saturated carbocycles. The highest BCUT2D eigenvalue weighted by Crippen LogP contribution is 2.17. The van der Waals surface area contributed by atoms with E-state index in [1.54, 1.807) is 0 Å². The summed E-state index contributed by atoms with van der Waals surface area (Å²) in [5.41, 5.74) is 0.781. The van der Waals surface area contributed by atoms with Crippen molar-refractivity contribution in [2.24, 2.45) is 0 Å². The van der Waals surface area contributed by atoms with Crippen LogP contribution < -0.4 is 0 Å². The van der Waals surface area contributed by atoms with Crippen molar-refractivity contribution in [2.75, 3.05) is 26.4 Å². The van der Waals surface area contributed by atoms with E-state index in [0.717, 1.165) is 54.9 Å². The van der Waals surface area contributed by atoms with Gasteiger partial charge in [0.15, 0.2) is 0 Å². The topological polar surface area (TPSA) is 27.7 Å². The van der Waals surface area contributed by atoms with Gasteiger partial charge in [-0.05, 0) is 40.0 Å². The van der Waals surface area contributed by atoms with Crippen LogP contribution in [0.4, 0.5) is 0 Å². The average molecular weight is 260 g/mol. The third-order valence-corrected chi connectivity index (χ3v) is 3.49. The number of ether oxygens (including phenoxy) is 3. The van der Waals surface area contributed by atoms with Gasteiger partial charge in [0.1, 0.15) is 5.41 Å². The van der Waals surface area contributed by atoms with Crippen molar-refractivity contribution in [3.63, 3.8) is 0 Å². The van der Waals surface area contributed by atoms with E-state index < -0.39 is 0 Å². The Hall–Kier alpha value is -0.163. The van der Waals surface area contributed by atoms with Crippen LogP contribution in [0.25, 0.3) is 0 Å². The lowest BCUT2D eigenvalue weighted by molar-refractivity contribution is -0.177. The number of unbranched alkanes of at least 4 members (excludes halogenated alkanes) is 1. The van der Waals surface area contributed by atoms with Crippen LogP contribution in [0.15, 0.2) is 12.2 Å². The molecular formula is C13H28O3Si. The highest BCUT2D eigenvalue weighted by Gasteiger charge is 2.23. The maximum absolute atomic E-state index is 5.70. The van der Waals surface area contributed by atoms with Crippen molar-refractivity contribution in [2.45, 2.75) is 45.4 Å². The molecule has 4 heteroatoms. The molecule has 0 N–H and O–H groups in total. The van der Waals surface area contributed by atoms with Gasteiger partial charge in [-0.25, -0.2) is 0 Å². The van der Waals surface area contributed by atoms with Crippen LogP contribution >= 0.6 is 0 Å². The quantitative estimate of drug-likeness (QED) is 0.245. The van der Waals surface area contributed by atoms with Crippen molar-refractivity contribution in [1.82, 2.24) is 0 Å². The van der Waals surface area contributed by atoms with E-state index in [4.69, 9.17) is 14.2 Å².